The van der Waals surface area contributed by atoms with Crippen LogP contribution in [0.1, 0.15) is 12.0 Å². The maximum atomic E-state index is 11.2. The highest BCUT2D eigenvalue weighted by molar-refractivity contribution is 5.76. The summed E-state index contributed by atoms with van der Waals surface area (Å²) >= 11 is 0. The maximum Gasteiger partial charge on any atom is 0.336 e. The van der Waals surface area contributed by atoms with Gasteiger partial charge >= 0.3 is 5.63 Å². The molecule has 23 heavy (non-hydrogen) atoms. The second-order valence-electron chi connectivity index (χ2n) is 5.32. The molecule has 4 nitrogen and oxygen atoms in total. The van der Waals surface area contributed by atoms with Crippen LogP contribution in [0.5, 0.6) is 5.75 Å². The minimum absolute atomic E-state index is 0.318. The van der Waals surface area contributed by atoms with Gasteiger partial charge in [0.25, 0.3) is 0 Å². The number of benzene rings is 2. The van der Waals surface area contributed by atoms with Crippen molar-refractivity contribution >= 4 is 11.0 Å². The van der Waals surface area contributed by atoms with Crippen molar-refractivity contribution in [3.8, 4) is 5.75 Å². The fourth-order valence-electron chi connectivity index (χ4n) is 2.37. The van der Waals surface area contributed by atoms with Crippen molar-refractivity contribution in [2.24, 2.45) is 0 Å². The zero-order chi connectivity index (χ0) is 15.9. The lowest BCUT2D eigenvalue weighted by atomic mass is 10.1. The van der Waals surface area contributed by atoms with E-state index in [-0.39, 0.29) is 5.63 Å². The Morgan fingerprint density at radius 2 is 1.87 bits per heavy atom. The minimum atomic E-state index is -0.318. The van der Waals surface area contributed by atoms with Crippen LogP contribution >= 0.6 is 0 Å². The molecule has 0 aliphatic carbocycles. The Balaban J connectivity index is 1.42. The third kappa shape index (κ3) is 4.44. The molecule has 3 rings (SSSR count). The molecule has 0 aliphatic rings. The van der Waals surface area contributed by atoms with Crippen molar-refractivity contribution in [1.82, 2.24) is 5.32 Å². The summed E-state index contributed by atoms with van der Waals surface area (Å²) in [5, 5.41) is 4.33. The van der Waals surface area contributed by atoms with E-state index in [1.54, 1.807) is 6.07 Å². The Labute approximate surface area is 134 Å². The molecule has 0 fully saturated rings. The van der Waals surface area contributed by atoms with Gasteiger partial charge in [-0.2, -0.15) is 0 Å². The molecule has 4 heteroatoms. The Kier molecular flexibility index (Phi) is 5.06. The number of fused-ring (bicyclic) bond motifs is 1. The lowest BCUT2D eigenvalue weighted by Gasteiger charge is -2.07. The Morgan fingerprint density at radius 1 is 1.00 bits per heavy atom. The fourth-order valence-corrected chi connectivity index (χ4v) is 2.37. The molecule has 1 N–H and O–H groups in total. The summed E-state index contributed by atoms with van der Waals surface area (Å²) in [7, 11) is 0. The molecule has 0 bridgehead atoms. The normalized spacial score (nSPS) is 10.8. The smallest absolute Gasteiger partial charge is 0.336 e. The van der Waals surface area contributed by atoms with Crippen LogP contribution in [-0.4, -0.2) is 13.2 Å². The number of hydrogen-bond acceptors (Lipinski definition) is 4. The Bertz CT molecular complexity index is 811. The SMILES string of the molecule is O=c1ccc2cc(CNCCCOc3ccccc3)ccc2o1. The lowest BCUT2D eigenvalue weighted by molar-refractivity contribution is 0.308. The monoisotopic (exact) mass is 309 g/mol. The van der Waals surface area contributed by atoms with E-state index >= 15 is 0 Å². The molecule has 0 unspecified atom stereocenters. The highest BCUT2D eigenvalue weighted by Crippen LogP contribution is 2.14. The van der Waals surface area contributed by atoms with Gasteiger partial charge in [-0.1, -0.05) is 24.3 Å². The van der Waals surface area contributed by atoms with Gasteiger partial charge < -0.3 is 14.5 Å². The van der Waals surface area contributed by atoms with Gasteiger partial charge in [0.15, 0.2) is 0 Å². The second kappa shape index (κ2) is 7.61. The van der Waals surface area contributed by atoms with Gasteiger partial charge in [-0.05, 0) is 48.9 Å². The van der Waals surface area contributed by atoms with E-state index in [4.69, 9.17) is 9.15 Å². The third-order valence-corrected chi connectivity index (χ3v) is 3.52. The van der Waals surface area contributed by atoms with Crippen molar-refractivity contribution in [2.75, 3.05) is 13.2 Å². The molecule has 0 amide bonds. The molecule has 2 aromatic carbocycles. The van der Waals surface area contributed by atoms with Gasteiger partial charge in [-0.25, -0.2) is 4.79 Å². The largest absolute Gasteiger partial charge is 0.494 e. The van der Waals surface area contributed by atoms with E-state index < -0.39 is 0 Å². The minimum Gasteiger partial charge on any atom is -0.494 e. The first-order chi connectivity index (χ1) is 11.3. The first kappa shape index (κ1) is 15.3. The van der Waals surface area contributed by atoms with E-state index in [0.717, 1.165) is 36.2 Å². The molecule has 0 aliphatic heterocycles. The number of hydrogen-bond donors (Lipinski definition) is 1. The lowest BCUT2D eigenvalue weighted by Crippen LogP contribution is -2.17. The topological polar surface area (TPSA) is 51.5 Å². The van der Waals surface area contributed by atoms with E-state index in [0.29, 0.717) is 12.2 Å². The van der Waals surface area contributed by atoms with Crippen LogP contribution in [0.15, 0.2) is 69.9 Å². The second-order valence-corrected chi connectivity index (χ2v) is 5.32. The molecule has 0 atom stereocenters. The predicted octanol–water partition coefficient (Wildman–Crippen LogP) is 3.35. The summed E-state index contributed by atoms with van der Waals surface area (Å²) in [5.74, 6) is 0.906. The van der Waals surface area contributed by atoms with Crippen molar-refractivity contribution in [3.63, 3.8) is 0 Å². The molecule has 0 spiro atoms. The number of rotatable bonds is 7. The predicted molar refractivity (Wildman–Crippen MR) is 90.7 cm³/mol. The summed E-state index contributed by atoms with van der Waals surface area (Å²) in [6.07, 6.45) is 0.942. The van der Waals surface area contributed by atoms with Crippen molar-refractivity contribution < 1.29 is 9.15 Å². The zero-order valence-corrected chi connectivity index (χ0v) is 12.8. The van der Waals surface area contributed by atoms with E-state index in [9.17, 15) is 4.79 Å². The Morgan fingerprint density at radius 3 is 2.74 bits per heavy atom. The first-order valence-electron chi connectivity index (χ1n) is 7.73. The fraction of sp³-hybridized carbons (Fsp3) is 0.211. The van der Waals surface area contributed by atoms with Crippen LogP contribution in [0.3, 0.4) is 0 Å². The van der Waals surface area contributed by atoms with Crippen molar-refractivity contribution in [1.29, 1.82) is 0 Å². The standard InChI is InChI=1S/C19H19NO3/c21-19-10-8-16-13-15(7-9-18(16)23-19)14-20-11-4-12-22-17-5-2-1-3-6-17/h1-3,5-10,13,20H,4,11-12,14H2. The molecule has 0 saturated carbocycles. The van der Waals surface area contributed by atoms with Crippen molar-refractivity contribution in [2.45, 2.75) is 13.0 Å². The summed E-state index contributed by atoms with van der Waals surface area (Å²) < 4.78 is 10.8. The molecule has 118 valence electrons. The molecule has 1 aromatic heterocycles. The summed E-state index contributed by atoms with van der Waals surface area (Å²) in [6.45, 7) is 2.36. The van der Waals surface area contributed by atoms with E-state index in [1.807, 2.05) is 48.5 Å². The van der Waals surface area contributed by atoms with Crippen LogP contribution in [-0.2, 0) is 6.54 Å². The van der Waals surface area contributed by atoms with Crippen molar-refractivity contribution in [3.05, 3.63) is 76.6 Å². The third-order valence-electron chi connectivity index (χ3n) is 3.52. The van der Waals surface area contributed by atoms with Gasteiger partial charge in [0.1, 0.15) is 11.3 Å². The molecule has 3 aromatic rings. The highest BCUT2D eigenvalue weighted by Gasteiger charge is 1.99. The van der Waals surface area contributed by atoms with Crippen LogP contribution in [0.2, 0.25) is 0 Å². The van der Waals surface area contributed by atoms with Crippen LogP contribution in [0.4, 0.5) is 0 Å². The molecule has 0 saturated heterocycles. The number of para-hydroxylation sites is 1. The summed E-state index contributed by atoms with van der Waals surface area (Å²) in [6, 6.07) is 18.9. The summed E-state index contributed by atoms with van der Waals surface area (Å²) in [5.41, 5.74) is 1.47. The molecular formula is C19H19NO3. The van der Waals surface area contributed by atoms with Gasteiger partial charge in [0.05, 0.1) is 6.61 Å². The molecule has 1 heterocycles. The first-order valence-corrected chi connectivity index (χ1v) is 7.73. The quantitative estimate of drug-likeness (QED) is 0.537. The highest BCUT2D eigenvalue weighted by atomic mass is 16.5. The van der Waals surface area contributed by atoms with Crippen LogP contribution in [0, 0.1) is 0 Å². The van der Waals surface area contributed by atoms with Gasteiger partial charge in [-0.15, -0.1) is 0 Å². The zero-order valence-electron chi connectivity index (χ0n) is 12.8. The van der Waals surface area contributed by atoms with Gasteiger partial charge in [-0.3, -0.25) is 0 Å². The average Bonchev–Trinajstić information content (AvgIpc) is 2.59. The van der Waals surface area contributed by atoms with E-state index in [1.165, 1.54) is 6.07 Å². The summed E-state index contributed by atoms with van der Waals surface area (Å²) in [4.78, 5) is 11.2. The van der Waals surface area contributed by atoms with Gasteiger partial charge in [0.2, 0.25) is 0 Å². The average molecular weight is 309 g/mol. The maximum absolute atomic E-state index is 11.2. The Hall–Kier alpha value is -2.59. The van der Waals surface area contributed by atoms with Crippen LogP contribution < -0.4 is 15.7 Å². The van der Waals surface area contributed by atoms with Crippen LogP contribution in [0.25, 0.3) is 11.0 Å². The number of ether oxygens (including phenoxy) is 1. The number of nitrogens with one attached hydrogen (secondary N) is 1. The van der Waals surface area contributed by atoms with Gasteiger partial charge in [0, 0.05) is 18.0 Å². The van der Waals surface area contributed by atoms with E-state index in [2.05, 4.69) is 5.32 Å². The molecule has 0 radical (unpaired) electrons. The molecular weight excluding hydrogens is 290 g/mol.